The van der Waals surface area contributed by atoms with Crippen molar-refractivity contribution in [1.82, 2.24) is 0 Å². The molecule has 0 saturated carbocycles. The van der Waals surface area contributed by atoms with Crippen LogP contribution in [0.1, 0.15) is 0 Å². The van der Waals surface area contributed by atoms with Crippen LogP contribution in [0.5, 0.6) is 5.75 Å². The molecule has 0 radical (unpaired) electrons. The van der Waals surface area contributed by atoms with Crippen LogP contribution in [0.3, 0.4) is 0 Å². The Kier molecular flexibility index (Phi) is 3.64. The Morgan fingerprint density at radius 1 is 1.20 bits per heavy atom. The zero-order valence-corrected chi connectivity index (χ0v) is 13.7. The molecule has 0 saturated heterocycles. The van der Waals surface area contributed by atoms with Crippen LogP contribution in [0.15, 0.2) is 12.1 Å². The van der Waals surface area contributed by atoms with Gasteiger partial charge in [0.2, 0.25) is 0 Å². The summed E-state index contributed by atoms with van der Waals surface area (Å²) in [6, 6.07) is 4.06. The van der Waals surface area contributed by atoms with E-state index in [0.29, 0.717) is 5.75 Å². The zero-order valence-electron chi connectivity index (χ0n) is 4.94. The van der Waals surface area contributed by atoms with E-state index in [1.165, 1.54) is 3.27 Å². The van der Waals surface area contributed by atoms with Gasteiger partial charge in [-0.05, 0) is 0 Å². The molecular weight excluding hydrogens is 551 g/mol. The van der Waals surface area contributed by atoms with Crippen molar-refractivity contribution < 1.29 is 5.11 Å². The number of rotatable bonds is 0. The van der Waals surface area contributed by atoms with Crippen LogP contribution in [0.4, 0.5) is 0 Å². The molecule has 1 nitrogen and oxygen atoms in total. The van der Waals surface area contributed by atoms with Gasteiger partial charge in [-0.25, -0.2) is 0 Å². The van der Waals surface area contributed by atoms with Crippen LogP contribution in [-0.2, 0) is 0 Å². The van der Waals surface area contributed by atoms with Crippen LogP contribution < -0.4 is 3.27 Å². The molecule has 0 unspecified atom stereocenters. The average molecular weight is 556 g/mol. The maximum atomic E-state index is 9.33. The molecule has 0 amide bonds. The van der Waals surface area contributed by atoms with Gasteiger partial charge < -0.3 is 0 Å². The van der Waals surface area contributed by atoms with Gasteiger partial charge in [-0.1, -0.05) is 0 Å². The third kappa shape index (κ3) is 2.17. The van der Waals surface area contributed by atoms with Crippen molar-refractivity contribution in [3.05, 3.63) is 19.3 Å². The summed E-state index contributed by atoms with van der Waals surface area (Å²) < 4.78 is 3.27. The van der Waals surface area contributed by atoms with E-state index in [9.17, 15) is 5.11 Å². The standard InChI is InChI=1S/C6H3I2O.Bi.2H/c7-4-2-1-3-5(8)6(4)9;;;/h2-3,9H;;;. The second kappa shape index (κ2) is 3.85. The van der Waals surface area contributed by atoms with Crippen LogP contribution in [-0.4, -0.2) is 29.8 Å². The fourth-order valence-corrected chi connectivity index (χ4v) is 6.33. The van der Waals surface area contributed by atoms with E-state index in [-0.39, 0.29) is 0 Å². The summed E-state index contributed by atoms with van der Waals surface area (Å²) in [6.07, 6.45) is 0. The van der Waals surface area contributed by atoms with Crippen molar-refractivity contribution >= 4 is 73.2 Å². The number of phenolic OH excluding ortho intramolecular Hbond substituents is 1. The number of phenols is 1. The molecule has 4 heteroatoms. The molecule has 0 spiro atoms. The van der Waals surface area contributed by atoms with E-state index in [1.54, 1.807) is 0 Å². The molecule has 54 valence electrons. The van der Waals surface area contributed by atoms with Gasteiger partial charge in [-0.2, -0.15) is 0 Å². The van der Waals surface area contributed by atoms with Gasteiger partial charge in [0.25, 0.3) is 0 Å². The molecule has 0 bridgehead atoms. The van der Waals surface area contributed by atoms with E-state index >= 15 is 0 Å². The summed E-state index contributed by atoms with van der Waals surface area (Å²) in [5, 5.41) is 9.33. The average Bonchev–Trinajstić information content (AvgIpc) is 1.82. The van der Waals surface area contributed by atoms with Crippen molar-refractivity contribution in [1.29, 1.82) is 0 Å². The van der Waals surface area contributed by atoms with Crippen LogP contribution in [0.25, 0.3) is 0 Å². The number of benzene rings is 1. The van der Waals surface area contributed by atoms with Crippen molar-refractivity contribution in [2.75, 3.05) is 0 Å². The Bertz CT molecular complexity index is 239. The molecule has 0 heterocycles. The molecule has 1 N–H and O–H groups in total. The minimum absolute atomic E-state index is 0.422. The summed E-state index contributed by atoms with van der Waals surface area (Å²) >= 11 is 5.15. The van der Waals surface area contributed by atoms with E-state index in [1.807, 2.05) is 12.1 Å². The molecule has 0 aliphatic carbocycles. The second-order valence-electron chi connectivity index (χ2n) is 1.83. The summed E-state index contributed by atoms with van der Waals surface area (Å²) in [5.41, 5.74) is 0. The molecule has 1 aromatic rings. The summed E-state index contributed by atoms with van der Waals surface area (Å²) in [7, 11) is 0. The van der Waals surface area contributed by atoms with Crippen LogP contribution in [0, 0.1) is 7.14 Å². The Hall–Kier alpha value is 1.36. The van der Waals surface area contributed by atoms with E-state index < -0.39 is 0 Å². The molecule has 1 rings (SSSR count). The molecule has 0 aromatic heterocycles. The normalized spacial score (nSPS) is 9.90. The number of hydrogen-bond acceptors (Lipinski definition) is 1. The maximum absolute atomic E-state index is 9.33. The summed E-state index contributed by atoms with van der Waals surface area (Å²) in [5.74, 6) is 0.422. The predicted molar refractivity (Wildman–Crippen MR) is 61.7 cm³/mol. The van der Waals surface area contributed by atoms with Crippen molar-refractivity contribution in [2.45, 2.75) is 0 Å². The third-order valence-electron chi connectivity index (χ3n) is 1.04. The molecule has 1 aromatic carbocycles. The zero-order chi connectivity index (χ0) is 7.72. The minimum atomic E-state index is 0.422. The molecule has 0 aliphatic rings. The third-order valence-corrected chi connectivity index (χ3v) is 3.98. The molecule has 10 heavy (non-hydrogen) atoms. The van der Waals surface area contributed by atoms with Gasteiger partial charge >= 0.3 is 103 Å². The Balaban J connectivity index is 3.31. The second-order valence-corrected chi connectivity index (χ2v) is 6.75. The van der Waals surface area contributed by atoms with Crippen molar-refractivity contribution in [2.24, 2.45) is 0 Å². The molecular formula is C6H5BiI2O. The quantitative estimate of drug-likeness (QED) is 0.372. The van der Waals surface area contributed by atoms with Crippen molar-refractivity contribution in [3.8, 4) is 5.75 Å². The van der Waals surface area contributed by atoms with Gasteiger partial charge in [0, 0.05) is 0 Å². The Morgan fingerprint density at radius 2 is 1.60 bits per heavy atom. The van der Waals surface area contributed by atoms with Gasteiger partial charge in [0.05, 0.1) is 0 Å². The SMILES string of the molecule is Oc1c(I)c[c]([BiH2])cc1I. The number of hydrogen-bond donors (Lipinski definition) is 1. The van der Waals surface area contributed by atoms with E-state index in [4.69, 9.17) is 0 Å². The topological polar surface area (TPSA) is 20.2 Å². The predicted octanol–water partition coefficient (Wildman–Crippen LogP) is 0.860. The first kappa shape index (κ1) is 9.45. The summed E-state index contributed by atoms with van der Waals surface area (Å²) in [6.45, 7) is 0. The first-order valence-electron chi connectivity index (χ1n) is 2.54. The summed E-state index contributed by atoms with van der Waals surface area (Å²) in [4.78, 5) is 0. The van der Waals surface area contributed by atoms with Gasteiger partial charge in [-0.15, -0.1) is 0 Å². The van der Waals surface area contributed by atoms with Gasteiger partial charge in [-0.3, -0.25) is 0 Å². The van der Waals surface area contributed by atoms with Crippen LogP contribution in [0.2, 0.25) is 0 Å². The van der Waals surface area contributed by atoms with E-state index in [0.717, 1.165) is 31.9 Å². The fourth-order valence-electron chi connectivity index (χ4n) is 0.585. The van der Waals surface area contributed by atoms with E-state index in [2.05, 4.69) is 45.2 Å². The molecule has 0 fully saturated rings. The van der Waals surface area contributed by atoms with Gasteiger partial charge in [0.15, 0.2) is 0 Å². The van der Waals surface area contributed by atoms with Crippen molar-refractivity contribution in [3.63, 3.8) is 0 Å². The first-order chi connectivity index (χ1) is 4.61. The Morgan fingerprint density at radius 3 is 2.00 bits per heavy atom. The molecule has 0 atom stereocenters. The first-order valence-corrected chi connectivity index (χ1v) is 6.95. The monoisotopic (exact) mass is 556 g/mol. The number of halogens is 2. The fraction of sp³-hybridized carbons (Fsp3) is 0. The molecule has 0 aliphatic heterocycles. The number of aromatic hydroxyl groups is 1. The Labute approximate surface area is 102 Å². The van der Waals surface area contributed by atoms with Gasteiger partial charge in [0.1, 0.15) is 0 Å². The van der Waals surface area contributed by atoms with Crippen LogP contribution >= 0.6 is 45.2 Å².